The Morgan fingerprint density at radius 3 is 2.52 bits per heavy atom. The minimum Gasteiger partial charge on any atom is -0.301 e. The molecule has 5 rings (SSSR count). The number of halogens is 2. The van der Waals surface area contributed by atoms with Crippen LogP contribution in [0.3, 0.4) is 0 Å². The van der Waals surface area contributed by atoms with Gasteiger partial charge in [0.05, 0.1) is 6.17 Å². The highest BCUT2D eigenvalue weighted by molar-refractivity contribution is 6.21. The van der Waals surface area contributed by atoms with Gasteiger partial charge in [0, 0.05) is 54.4 Å². The lowest BCUT2D eigenvalue weighted by Gasteiger charge is -2.53. The summed E-state index contributed by atoms with van der Waals surface area (Å²) < 4.78 is 0. The Morgan fingerprint density at radius 2 is 1.74 bits per heavy atom. The smallest absolute Gasteiger partial charge is 0.262 e. The lowest BCUT2D eigenvalue weighted by atomic mass is 9.67. The number of likely N-dealkylation sites (tertiary alicyclic amines) is 1. The number of nitrogens with zero attached hydrogens (tertiary/aromatic N) is 1. The Labute approximate surface area is 194 Å². The van der Waals surface area contributed by atoms with Gasteiger partial charge in [-0.2, -0.15) is 0 Å². The maximum atomic E-state index is 12.1. The van der Waals surface area contributed by atoms with E-state index in [0.29, 0.717) is 35.3 Å². The van der Waals surface area contributed by atoms with Gasteiger partial charge in [0.25, 0.3) is 5.91 Å². The predicted molar refractivity (Wildman–Crippen MR) is 120 cm³/mol. The summed E-state index contributed by atoms with van der Waals surface area (Å²) in [5, 5.41) is 17.1. The normalized spacial score (nSPS) is 48.6. The van der Waals surface area contributed by atoms with Crippen molar-refractivity contribution in [3.63, 3.8) is 0 Å². The molecule has 3 saturated heterocycles. The second-order valence-corrected chi connectivity index (χ2v) is 11.4. The third-order valence-electron chi connectivity index (χ3n) is 8.72. The van der Waals surface area contributed by atoms with Crippen LogP contribution in [-0.2, 0) is 4.79 Å². The fourth-order valence-electron chi connectivity index (χ4n) is 7.05. The van der Waals surface area contributed by atoms with Gasteiger partial charge in [-0.25, -0.2) is 10.9 Å². The van der Waals surface area contributed by atoms with Crippen LogP contribution in [0, 0.1) is 23.7 Å². The summed E-state index contributed by atoms with van der Waals surface area (Å²) in [6, 6.07) is 0.281. The Kier molecular flexibility index (Phi) is 6.99. The number of rotatable bonds is 3. The van der Waals surface area contributed by atoms with Crippen LogP contribution in [0.15, 0.2) is 0 Å². The second kappa shape index (κ2) is 9.58. The number of hydrogen-bond donors (Lipinski definition) is 6. The van der Waals surface area contributed by atoms with Crippen LogP contribution in [-0.4, -0.2) is 70.8 Å². The number of alkyl halides is 2. The highest BCUT2D eigenvalue weighted by atomic mass is 35.5. The molecule has 8 unspecified atom stereocenters. The van der Waals surface area contributed by atoms with Crippen molar-refractivity contribution >= 4 is 29.1 Å². The van der Waals surface area contributed by atoms with Crippen molar-refractivity contribution in [2.75, 3.05) is 19.8 Å². The van der Waals surface area contributed by atoms with Crippen molar-refractivity contribution in [1.29, 1.82) is 0 Å². The molecule has 0 aromatic carbocycles. The number of hydrogen-bond acceptors (Lipinski definition) is 7. The average Bonchev–Trinajstić information content (AvgIpc) is 3.21. The van der Waals surface area contributed by atoms with Crippen molar-refractivity contribution in [1.82, 2.24) is 31.9 Å². The number of carbonyl (C=O) groups is 1. The zero-order valence-electron chi connectivity index (χ0n) is 17.9. The quantitative estimate of drug-likeness (QED) is 0.205. The molecule has 0 aromatic rings. The molecule has 5 aliphatic rings. The van der Waals surface area contributed by atoms with Crippen LogP contribution in [0.2, 0.25) is 0 Å². The van der Waals surface area contributed by atoms with Crippen LogP contribution < -0.4 is 27.0 Å². The molecule has 0 bridgehead atoms. The molecule has 10 heteroatoms. The Morgan fingerprint density at radius 1 is 0.935 bits per heavy atom. The van der Waals surface area contributed by atoms with Gasteiger partial charge in [-0.15, -0.1) is 23.2 Å². The first-order chi connectivity index (χ1) is 15.0. The van der Waals surface area contributed by atoms with E-state index in [2.05, 4.69) is 26.4 Å². The minimum absolute atomic E-state index is 0.134. The van der Waals surface area contributed by atoms with Crippen LogP contribution in [0.1, 0.15) is 44.9 Å². The molecule has 0 spiro atoms. The summed E-state index contributed by atoms with van der Waals surface area (Å²) in [4.78, 5) is 14.7. The third-order valence-corrected chi connectivity index (χ3v) is 9.66. The summed E-state index contributed by atoms with van der Waals surface area (Å²) in [6.45, 7) is 2.62. The molecular weight excluding hydrogens is 439 g/mol. The van der Waals surface area contributed by atoms with Gasteiger partial charge in [-0.3, -0.25) is 25.6 Å². The predicted octanol–water partition coefficient (Wildman–Crippen LogP) is 0.935. The fraction of sp³-hybridized carbons (Fsp3) is 0.952. The zero-order chi connectivity index (χ0) is 21.5. The molecule has 0 radical (unpaired) electrons. The summed E-state index contributed by atoms with van der Waals surface area (Å²) in [6.07, 6.45) is 8.07. The molecule has 31 heavy (non-hydrogen) atoms. The van der Waals surface area contributed by atoms with Crippen LogP contribution in [0.25, 0.3) is 0 Å². The number of fused-ring (bicyclic) bond motifs is 2. The van der Waals surface area contributed by atoms with Crippen molar-refractivity contribution in [3.05, 3.63) is 0 Å². The number of piperidine rings is 1. The molecule has 3 aliphatic heterocycles. The van der Waals surface area contributed by atoms with Gasteiger partial charge in [0.2, 0.25) is 0 Å². The standard InChI is InChI=1S/C21H36Cl2N6O2/c22-12-3-1-11(2-4-12)13-7-14-18(8-16(13)23)24-10-25-20(14)29-6-5-17-15(9-29)19(27-26-17)21(30)28-31/h11-20,24-27,31H,1-10H2,(H,28,30). The molecule has 2 aliphatic carbocycles. The molecule has 8 nitrogen and oxygen atoms in total. The first kappa shape index (κ1) is 22.6. The van der Waals surface area contributed by atoms with E-state index in [1.54, 1.807) is 0 Å². The van der Waals surface area contributed by atoms with Gasteiger partial charge in [0.1, 0.15) is 6.04 Å². The van der Waals surface area contributed by atoms with Crippen molar-refractivity contribution < 1.29 is 10.0 Å². The zero-order valence-corrected chi connectivity index (χ0v) is 19.4. The molecule has 176 valence electrons. The summed E-state index contributed by atoms with van der Waals surface area (Å²) >= 11 is 13.3. The van der Waals surface area contributed by atoms with Gasteiger partial charge >= 0.3 is 0 Å². The van der Waals surface area contributed by atoms with Crippen LogP contribution in [0.4, 0.5) is 0 Å². The molecule has 5 fully saturated rings. The van der Waals surface area contributed by atoms with Crippen molar-refractivity contribution in [2.45, 2.75) is 80.0 Å². The van der Waals surface area contributed by atoms with Gasteiger partial charge in [-0.05, 0) is 56.8 Å². The first-order valence-corrected chi connectivity index (χ1v) is 12.9. The maximum absolute atomic E-state index is 12.1. The fourth-order valence-corrected chi connectivity index (χ4v) is 7.81. The number of nitrogens with one attached hydrogen (secondary N) is 5. The lowest BCUT2D eigenvalue weighted by molar-refractivity contribution is -0.132. The molecule has 0 aromatic heterocycles. The summed E-state index contributed by atoms with van der Waals surface area (Å²) in [5.74, 6) is 1.52. The van der Waals surface area contributed by atoms with E-state index >= 15 is 0 Å². The Balaban J connectivity index is 1.28. The highest BCUT2D eigenvalue weighted by Gasteiger charge is 2.49. The first-order valence-electron chi connectivity index (χ1n) is 12.0. The van der Waals surface area contributed by atoms with E-state index < -0.39 is 6.04 Å². The van der Waals surface area contributed by atoms with Crippen LogP contribution >= 0.6 is 23.2 Å². The van der Waals surface area contributed by atoms with E-state index in [1.807, 2.05) is 5.48 Å². The van der Waals surface area contributed by atoms with Crippen molar-refractivity contribution in [3.8, 4) is 0 Å². The van der Waals surface area contributed by atoms with E-state index in [4.69, 9.17) is 28.4 Å². The second-order valence-electron chi connectivity index (χ2n) is 10.3. The lowest BCUT2D eigenvalue weighted by Crippen LogP contribution is -2.68. The molecule has 3 heterocycles. The monoisotopic (exact) mass is 474 g/mol. The molecule has 8 atom stereocenters. The molecule has 1 amide bonds. The number of hydrazine groups is 1. The SMILES string of the molecule is O=C(NO)C1NNC2CCN(C3NCNC4CC(Cl)C(C5CCC(Cl)CC5)CC43)CC21. The topological polar surface area (TPSA) is 101 Å². The van der Waals surface area contributed by atoms with E-state index in [-0.39, 0.29) is 23.2 Å². The van der Waals surface area contributed by atoms with Crippen LogP contribution in [0.5, 0.6) is 0 Å². The van der Waals surface area contributed by atoms with Gasteiger partial charge < -0.3 is 5.32 Å². The van der Waals surface area contributed by atoms with Gasteiger partial charge in [-0.1, -0.05) is 0 Å². The average molecular weight is 475 g/mol. The molecular formula is C21H36Cl2N6O2. The molecule has 2 saturated carbocycles. The Bertz CT molecular complexity index is 651. The highest BCUT2D eigenvalue weighted by Crippen LogP contribution is 2.45. The van der Waals surface area contributed by atoms with Gasteiger partial charge in [0.15, 0.2) is 0 Å². The largest absolute Gasteiger partial charge is 0.301 e. The maximum Gasteiger partial charge on any atom is 0.262 e. The molecule has 6 N–H and O–H groups in total. The number of amides is 1. The van der Waals surface area contributed by atoms with E-state index in [9.17, 15) is 4.79 Å². The third kappa shape index (κ3) is 4.47. The number of hydroxylamine groups is 1. The summed E-state index contributed by atoms with van der Waals surface area (Å²) in [7, 11) is 0. The number of carbonyl (C=O) groups excluding carboxylic acids is 1. The minimum atomic E-state index is -0.410. The summed E-state index contributed by atoms with van der Waals surface area (Å²) in [5.41, 5.74) is 8.15. The Hall–Kier alpha value is -0.190. The van der Waals surface area contributed by atoms with E-state index in [0.717, 1.165) is 51.9 Å². The van der Waals surface area contributed by atoms with Crippen molar-refractivity contribution in [2.24, 2.45) is 23.7 Å². The van der Waals surface area contributed by atoms with E-state index in [1.165, 1.54) is 12.8 Å².